The van der Waals surface area contributed by atoms with Crippen LogP contribution >= 0.6 is 0 Å². The highest BCUT2D eigenvalue weighted by Crippen LogP contribution is 2.44. The van der Waals surface area contributed by atoms with Crippen LogP contribution in [0.3, 0.4) is 0 Å². The lowest BCUT2D eigenvalue weighted by atomic mass is 9.98. The van der Waals surface area contributed by atoms with Gasteiger partial charge in [0.2, 0.25) is 11.8 Å². The number of fused-ring (bicyclic) bond motifs is 3. The molecule has 1 atom stereocenters. The molecule has 15 heteroatoms. The van der Waals surface area contributed by atoms with Crippen LogP contribution in [0, 0.1) is 0 Å². The smallest absolute Gasteiger partial charge is 0.407 e. The van der Waals surface area contributed by atoms with Crippen LogP contribution in [0.4, 0.5) is 4.79 Å². The number of benzene rings is 2. The Morgan fingerprint density at radius 2 is 1.45 bits per heavy atom. The van der Waals surface area contributed by atoms with Gasteiger partial charge in [0, 0.05) is 36.9 Å². The summed E-state index contributed by atoms with van der Waals surface area (Å²) in [4.78, 5) is 52.4. The number of carbonyl (C=O) groups is 4. The van der Waals surface area contributed by atoms with Gasteiger partial charge in [-0.05, 0) is 55.0 Å². The molecule has 1 aliphatic rings. The fourth-order valence-corrected chi connectivity index (χ4v) is 5.00. The van der Waals surface area contributed by atoms with Crippen molar-refractivity contribution in [1.82, 2.24) is 16.0 Å². The average molecular weight is 683 g/mol. The summed E-state index contributed by atoms with van der Waals surface area (Å²) >= 11 is 0. The van der Waals surface area contributed by atoms with Crippen LogP contribution in [0.15, 0.2) is 53.6 Å². The van der Waals surface area contributed by atoms with E-state index in [9.17, 15) is 19.2 Å². The highest BCUT2D eigenvalue weighted by molar-refractivity contribution is 5.86. The second-order valence-corrected chi connectivity index (χ2v) is 12.0. The SMILES string of the molecule is CC(C)(C)OC(=O)[C@H](CCC(=O)NCCOCCN=[N+]=[N-])NC(=O)COCCOCCNC(=O)OCC1c2ccccc2-c2ccccc21. The summed E-state index contributed by atoms with van der Waals surface area (Å²) in [6, 6.07) is 15.2. The number of ether oxygens (including phenoxy) is 5. The minimum absolute atomic E-state index is 0.0179. The number of nitrogens with zero attached hydrogens (tertiary/aromatic N) is 3. The van der Waals surface area contributed by atoms with Gasteiger partial charge in [-0.25, -0.2) is 9.59 Å². The van der Waals surface area contributed by atoms with Gasteiger partial charge in [-0.3, -0.25) is 9.59 Å². The minimum Gasteiger partial charge on any atom is -0.458 e. The Morgan fingerprint density at radius 3 is 2.10 bits per heavy atom. The summed E-state index contributed by atoms with van der Waals surface area (Å²) in [5.74, 6) is -1.58. The minimum atomic E-state index is -1.05. The summed E-state index contributed by atoms with van der Waals surface area (Å²) in [6.45, 7) is 6.61. The number of esters is 1. The van der Waals surface area contributed by atoms with Gasteiger partial charge in [0.05, 0.1) is 33.0 Å². The van der Waals surface area contributed by atoms with Crippen LogP contribution in [-0.2, 0) is 38.1 Å². The zero-order valence-electron chi connectivity index (χ0n) is 28.3. The molecule has 1 aliphatic carbocycles. The standard InChI is InChI=1S/C34H46N6O9/c1-34(2,3)49-32(43)29(12-13-30(41)36-14-17-45-19-16-38-40-35)39-31(42)23-47-21-20-46-18-15-37-33(44)48-22-28-26-10-6-4-8-24(26)25-9-5-7-11-27(25)28/h4-11,28-29H,12-23H2,1-3H3,(H,36,41)(H,37,44)(H,39,42)/t29-/m0/s1. The molecule has 0 fully saturated rings. The van der Waals surface area contributed by atoms with E-state index in [4.69, 9.17) is 29.2 Å². The van der Waals surface area contributed by atoms with Gasteiger partial charge in [0.15, 0.2) is 0 Å². The van der Waals surface area contributed by atoms with Crippen molar-refractivity contribution < 1.29 is 42.9 Å². The third kappa shape index (κ3) is 14.1. The molecular weight excluding hydrogens is 636 g/mol. The molecule has 3 amide bonds. The van der Waals surface area contributed by atoms with E-state index in [1.807, 2.05) is 24.3 Å². The summed E-state index contributed by atoms with van der Waals surface area (Å²) in [5, 5.41) is 11.3. The molecule has 2 aromatic rings. The van der Waals surface area contributed by atoms with E-state index in [1.165, 1.54) is 0 Å². The second kappa shape index (κ2) is 20.6. The molecule has 0 radical (unpaired) electrons. The van der Waals surface area contributed by atoms with Gasteiger partial charge in [-0.15, -0.1) is 0 Å². The highest BCUT2D eigenvalue weighted by Gasteiger charge is 2.29. The first-order chi connectivity index (χ1) is 23.6. The number of hydrogen-bond acceptors (Lipinski definition) is 10. The summed E-state index contributed by atoms with van der Waals surface area (Å²) < 4.78 is 27.0. The molecule has 0 aromatic heterocycles. The molecule has 3 rings (SSSR count). The van der Waals surface area contributed by atoms with Crippen LogP contribution < -0.4 is 16.0 Å². The van der Waals surface area contributed by atoms with E-state index in [0.717, 1.165) is 22.3 Å². The molecule has 0 aliphatic heterocycles. The maximum absolute atomic E-state index is 12.7. The Hall–Kier alpha value is -4.69. The zero-order valence-corrected chi connectivity index (χ0v) is 28.3. The monoisotopic (exact) mass is 682 g/mol. The lowest BCUT2D eigenvalue weighted by molar-refractivity contribution is -0.159. The van der Waals surface area contributed by atoms with Crippen molar-refractivity contribution in [2.75, 3.05) is 65.9 Å². The van der Waals surface area contributed by atoms with Gasteiger partial charge in [-0.1, -0.05) is 53.6 Å². The average Bonchev–Trinajstić information content (AvgIpc) is 3.39. The lowest BCUT2D eigenvalue weighted by Crippen LogP contribution is -2.46. The third-order valence-electron chi connectivity index (χ3n) is 7.12. The maximum Gasteiger partial charge on any atom is 0.407 e. The predicted molar refractivity (Wildman–Crippen MR) is 180 cm³/mol. The van der Waals surface area contributed by atoms with Crippen molar-refractivity contribution in [3.05, 3.63) is 70.1 Å². The van der Waals surface area contributed by atoms with Crippen molar-refractivity contribution in [2.45, 2.75) is 51.2 Å². The number of rotatable bonds is 21. The number of nitrogens with one attached hydrogen (secondary N) is 3. The van der Waals surface area contributed by atoms with E-state index < -0.39 is 29.6 Å². The molecule has 0 saturated heterocycles. The molecule has 266 valence electrons. The molecule has 2 aromatic carbocycles. The Balaban J connectivity index is 1.27. The Kier molecular flexibility index (Phi) is 16.3. The maximum atomic E-state index is 12.7. The van der Waals surface area contributed by atoms with Crippen molar-refractivity contribution in [1.29, 1.82) is 0 Å². The van der Waals surface area contributed by atoms with Gasteiger partial charge in [-0.2, -0.15) is 0 Å². The van der Waals surface area contributed by atoms with Crippen molar-refractivity contribution >= 4 is 23.9 Å². The van der Waals surface area contributed by atoms with E-state index in [0.29, 0.717) is 0 Å². The predicted octanol–water partition coefficient (Wildman–Crippen LogP) is 3.61. The van der Waals surface area contributed by atoms with E-state index in [2.05, 4.69) is 50.2 Å². The lowest BCUT2D eigenvalue weighted by Gasteiger charge is -2.24. The quantitative estimate of drug-likeness (QED) is 0.0579. The molecule has 15 nitrogen and oxygen atoms in total. The second-order valence-electron chi connectivity index (χ2n) is 12.0. The molecule has 0 spiro atoms. The summed E-state index contributed by atoms with van der Waals surface area (Å²) in [7, 11) is 0. The number of hydrogen-bond donors (Lipinski definition) is 3. The van der Waals surface area contributed by atoms with Gasteiger partial charge < -0.3 is 39.6 Å². The first-order valence-corrected chi connectivity index (χ1v) is 16.2. The fraction of sp³-hybridized carbons (Fsp3) is 0.529. The van der Waals surface area contributed by atoms with Crippen LogP contribution in [0.25, 0.3) is 21.6 Å². The van der Waals surface area contributed by atoms with Crippen LogP contribution in [-0.4, -0.2) is 101 Å². The molecule has 49 heavy (non-hydrogen) atoms. The molecular formula is C34H46N6O9. The summed E-state index contributed by atoms with van der Waals surface area (Å²) in [6.07, 6.45) is -0.561. The number of amides is 3. The third-order valence-corrected chi connectivity index (χ3v) is 7.12. The van der Waals surface area contributed by atoms with Gasteiger partial charge in [0.25, 0.3) is 0 Å². The number of alkyl carbamates (subject to hydrolysis) is 1. The van der Waals surface area contributed by atoms with Crippen molar-refractivity contribution in [2.24, 2.45) is 5.11 Å². The van der Waals surface area contributed by atoms with Crippen LogP contribution in [0.5, 0.6) is 0 Å². The number of carbonyl (C=O) groups excluding carboxylic acids is 4. The van der Waals surface area contributed by atoms with Gasteiger partial charge >= 0.3 is 12.1 Å². The fourth-order valence-electron chi connectivity index (χ4n) is 5.00. The van der Waals surface area contributed by atoms with E-state index in [1.54, 1.807) is 20.8 Å². The Bertz CT molecular complexity index is 1400. The Labute approximate surface area is 286 Å². The Morgan fingerprint density at radius 1 is 0.837 bits per heavy atom. The van der Waals surface area contributed by atoms with E-state index in [-0.39, 0.29) is 90.5 Å². The molecule has 0 saturated carbocycles. The van der Waals surface area contributed by atoms with Crippen molar-refractivity contribution in [3.63, 3.8) is 0 Å². The number of azide groups is 1. The molecule has 0 unspecified atom stereocenters. The molecule has 3 N–H and O–H groups in total. The first kappa shape index (κ1) is 38.8. The largest absolute Gasteiger partial charge is 0.458 e. The first-order valence-electron chi connectivity index (χ1n) is 16.2. The summed E-state index contributed by atoms with van der Waals surface area (Å²) in [5.41, 5.74) is 12.0. The van der Waals surface area contributed by atoms with Crippen LogP contribution in [0.1, 0.15) is 50.7 Å². The van der Waals surface area contributed by atoms with Crippen LogP contribution in [0.2, 0.25) is 0 Å². The zero-order chi connectivity index (χ0) is 35.5. The highest BCUT2D eigenvalue weighted by atomic mass is 16.6. The normalized spacial score (nSPS) is 12.6. The van der Waals surface area contributed by atoms with Gasteiger partial charge in [0.1, 0.15) is 24.9 Å². The topological polar surface area (TPSA) is 199 Å². The van der Waals surface area contributed by atoms with E-state index >= 15 is 0 Å². The molecule has 0 bridgehead atoms. The molecule has 0 heterocycles. The van der Waals surface area contributed by atoms with Crippen molar-refractivity contribution in [3.8, 4) is 11.1 Å².